The average molecular weight is 413 g/mol. The second kappa shape index (κ2) is 8.19. The van der Waals surface area contributed by atoms with E-state index in [0.717, 1.165) is 29.1 Å². The Morgan fingerprint density at radius 2 is 1.97 bits per heavy atom. The Kier molecular flexibility index (Phi) is 5.63. The van der Waals surface area contributed by atoms with E-state index in [4.69, 9.17) is 9.72 Å². The van der Waals surface area contributed by atoms with Gasteiger partial charge < -0.3 is 10.1 Å². The third-order valence-electron chi connectivity index (χ3n) is 5.81. The van der Waals surface area contributed by atoms with Gasteiger partial charge in [-0.1, -0.05) is 37.5 Å². The van der Waals surface area contributed by atoms with Gasteiger partial charge in [-0.2, -0.15) is 0 Å². The molecule has 0 spiro atoms. The number of benzene rings is 1. The van der Waals surface area contributed by atoms with Crippen molar-refractivity contribution in [1.29, 1.82) is 0 Å². The SMILES string of the molecule is COc1cc(S(C)(=O)=O)ccc1Cc1cc(NC2CCCCC2)c2c(n1)CC=C2. The van der Waals surface area contributed by atoms with E-state index in [1.165, 1.54) is 43.9 Å². The van der Waals surface area contributed by atoms with Gasteiger partial charge in [0.2, 0.25) is 0 Å². The zero-order valence-electron chi connectivity index (χ0n) is 17.1. The van der Waals surface area contributed by atoms with E-state index in [1.54, 1.807) is 19.2 Å². The molecule has 0 bridgehead atoms. The molecule has 154 valence electrons. The van der Waals surface area contributed by atoms with Crippen molar-refractivity contribution in [3.63, 3.8) is 0 Å². The van der Waals surface area contributed by atoms with Crippen LogP contribution in [-0.4, -0.2) is 32.8 Å². The minimum absolute atomic E-state index is 0.267. The summed E-state index contributed by atoms with van der Waals surface area (Å²) in [6.07, 6.45) is 13.3. The van der Waals surface area contributed by atoms with E-state index >= 15 is 0 Å². The number of methoxy groups -OCH3 is 1. The summed E-state index contributed by atoms with van der Waals surface area (Å²) in [4.78, 5) is 5.14. The quantitative estimate of drug-likeness (QED) is 0.762. The van der Waals surface area contributed by atoms with Crippen LogP contribution in [0.15, 0.2) is 35.2 Å². The molecule has 1 fully saturated rings. The number of fused-ring (bicyclic) bond motifs is 1. The summed E-state index contributed by atoms with van der Waals surface area (Å²) in [6.45, 7) is 0. The monoisotopic (exact) mass is 412 g/mol. The normalized spacial score (nSPS) is 16.6. The van der Waals surface area contributed by atoms with Gasteiger partial charge >= 0.3 is 0 Å². The van der Waals surface area contributed by atoms with Gasteiger partial charge in [0.05, 0.1) is 17.7 Å². The molecule has 2 aromatic rings. The lowest BCUT2D eigenvalue weighted by atomic mass is 9.95. The number of sulfone groups is 1. The van der Waals surface area contributed by atoms with Gasteiger partial charge in [-0.05, 0) is 31.0 Å². The summed E-state index contributed by atoms with van der Waals surface area (Å²) in [5.74, 6) is 0.579. The van der Waals surface area contributed by atoms with E-state index in [0.29, 0.717) is 18.2 Å². The lowest BCUT2D eigenvalue weighted by Crippen LogP contribution is -2.23. The van der Waals surface area contributed by atoms with Crippen molar-refractivity contribution in [2.45, 2.75) is 55.9 Å². The molecule has 0 unspecified atom stereocenters. The van der Waals surface area contributed by atoms with Gasteiger partial charge in [0, 0.05) is 47.6 Å². The van der Waals surface area contributed by atoms with Gasteiger partial charge in [-0.3, -0.25) is 4.98 Å². The van der Waals surface area contributed by atoms with E-state index in [-0.39, 0.29) is 4.90 Å². The number of anilines is 1. The zero-order valence-corrected chi connectivity index (χ0v) is 17.9. The minimum Gasteiger partial charge on any atom is -0.496 e. The number of rotatable bonds is 6. The molecule has 1 heterocycles. The molecule has 5 nitrogen and oxygen atoms in total. The first-order valence-electron chi connectivity index (χ1n) is 10.3. The predicted molar refractivity (Wildman–Crippen MR) is 116 cm³/mol. The number of hydrogen-bond donors (Lipinski definition) is 1. The molecule has 1 aromatic heterocycles. The zero-order chi connectivity index (χ0) is 20.4. The number of pyridine rings is 1. The molecular weight excluding hydrogens is 384 g/mol. The maximum Gasteiger partial charge on any atom is 0.175 e. The molecule has 6 heteroatoms. The molecule has 1 N–H and O–H groups in total. The van der Waals surface area contributed by atoms with Crippen LogP contribution < -0.4 is 10.1 Å². The number of ether oxygens (including phenoxy) is 1. The van der Waals surface area contributed by atoms with Crippen LogP contribution in [-0.2, 0) is 22.7 Å². The topological polar surface area (TPSA) is 68.3 Å². The highest BCUT2D eigenvalue weighted by Gasteiger charge is 2.19. The number of allylic oxidation sites excluding steroid dienone is 1. The standard InChI is InChI=1S/C23H28N2O3S/c1-28-23-15-19(29(2,26)27)12-11-16(23)13-18-14-22(20-9-6-10-21(20)25-18)24-17-7-4-3-5-8-17/h6,9,11-12,14-15,17H,3-5,7-8,10,13H2,1-2H3,(H,24,25). The van der Waals surface area contributed by atoms with Crippen LogP contribution in [0.2, 0.25) is 0 Å². The molecule has 1 saturated carbocycles. The Balaban J connectivity index is 1.63. The summed E-state index contributed by atoms with van der Waals surface area (Å²) in [5, 5.41) is 3.76. The molecule has 0 saturated heterocycles. The van der Waals surface area contributed by atoms with Crippen LogP contribution in [0.3, 0.4) is 0 Å². The molecule has 2 aliphatic carbocycles. The lowest BCUT2D eigenvalue weighted by molar-refractivity contribution is 0.409. The fourth-order valence-corrected chi connectivity index (χ4v) is 4.91. The van der Waals surface area contributed by atoms with Crippen molar-refractivity contribution in [3.8, 4) is 5.75 Å². The Hall–Kier alpha value is -2.34. The summed E-state index contributed by atoms with van der Waals surface area (Å²) < 4.78 is 29.2. The van der Waals surface area contributed by atoms with E-state index in [2.05, 4.69) is 23.5 Å². The summed E-state index contributed by atoms with van der Waals surface area (Å²) in [7, 11) is -1.70. The Morgan fingerprint density at radius 1 is 1.17 bits per heavy atom. The lowest BCUT2D eigenvalue weighted by Gasteiger charge is -2.25. The molecule has 0 atom stereocenters. The van der Waals surface area contributed by atoms with Crippen LogP contribution >= 0.6 is 0 Å². The number of nitrogens with zero attached hydrogens (tertiary/aromatic N) is 1. The van der Waals surface area contributed by atoms with Gasteiger partial charge in [0.15, 0.2) is 9.84 Å². The first-order valence-corrected chi connectivity index (χ1v) is 12.2. The third-order valence-corrected chi connectivity index (χ3v) is 6.92. The average Bonchev–Trinajstić information content (AvgIpc) is 3.17. The molecule has 2 aliphatic rings. The Morgan fingerprint density at radius 3 is 2.69 bits per heavy atom. The molecule has 1 aromatic carbocycles. The first-order chi connectivity index (χ1) is 13.9. The van der Waals surface area contributed by atoms with Crippen molar-refractivity contribution in [1.82, 2.24) is 4.98 Å². The number of nitrogens with one attached hydrogen (secondary N) is 1. The van der Waals surface area contributed by atoms with Gasteiger partial charge in [0.1, 0.15) is 5.75 Å². The highest BCUT2D eigenvalue weighted by Crippen LogP contribution is 2.32. The van der Waals surface area contributed by atoms with Crippen LogP contribution in [0.4, 0.5) is 5.69 Å². The molecule has 0 aliphatic heterocycles. The molecule has 4 rings (SSSR count). The molecule has 29 heavy (non-hydrogen) atoms. The van der Waals surface area contributed by atoms with Gasteiger partial charge in [-0.25, -0.2) is 8.42 Å². The Labute approximate surface area is 173 Å². The van der Waals surface area contributed by atoms with E-state index < -0.39 is 9.84 Å². The van der Waals surface area contributed by atoms with E-state index in [1.807, 2.05) is 6.07 Å². The predicted octanol–water partition coefficient (Wildman–Crippen LogP) is 4.40. The second-order valence-corrected chi connectivity index (χ2v) is 10.0. The van der Waals surface area contributed by atoms with Crippen molar-refractivity contribution < 1.29 is 13.2 Å². The molecule has 0 amide bonds. The summed E-state index contributed by atoms with van der Waals surface area (Å²) in [6, 6.07) is 7.74. The van der Waals surface area contributed by atoms with Crippen LogP contribution in [0.5, 0.6) is 5.75 Å². The van der Waals surface area contributed by atoms with Crippen molar-refractivity contribution >= 4 is 21.6 Å². The van der Waals surface area contributed by atoms with Gasteiger partial charge in [0.25, 0.3) is 0 Å². The van der Waals surface area contributed by atoms with Crippen LogP contribution in [0, 0.1) is 0 Å². The smallest absolute Gasteiger partial charge is 0.175 e. The third kappa shape index (κ3) is 4.47. The Bertz CT molecular complexity index is 1040. The fraction of sp³-hybridized carbons (Fsp3) is 0.435. The van der Waals surface area contributed by atoms with Crippen LogP contribution in [0.25, 0.3) is 6.08 Å². The fourth-order valence-electron chi connectivity index (χ4n) is 4.27. The summed E-state index contributed by atoms with van der Waals surface area (Å²) >= 11 is 0. The van der Waals surface area contributed by atoms with Crippen LogP contribution in [0.1, 0.15) is 54.6 Å². The minimum atomic E-state index is -3.27. The number of aromatic nitrogens is 1. The first kappa shape index (κ1) is 20.0. The number of hydrogen-bond acceptors (Lipinski definition) is 5. The summed E-state index contributed by atoms with van der Waals surface area (Å²) in [5.41, 5.74) is 5.38. The molecule has 0 radical (unpaired) electrons. The van der Waals surface area contributed by atoms with Crippen molar-refractivity contribution in [2.75, 3.05) is 18.7 Å². The van der Waals surface area contributed by atoms with E-state index in [9.17, 15) is 8.42 Å². The maximum absolute atomic E-state index is 11.8. The second-order valence-electron chi connectivity index (χ2n) is 8.03. The maximum atomic E-state index is 11.8. The highest BCUT2D eigenvalue weighted by molar-refractivity contribution is 7.90. The van der Waals surface area contributed by atoms with Crippen molar-refractivity contribution in [2.24, 2.45) is 0 Å². The van der Waals surface area contributed by atoms with Gasteiger partial charge in [-0.15, -0.1) is 0 Å². The highest BCUT2D eigenvalue weighted by atomic mass is 32.2. The largest absolute Gasteiger partial charge is 0.496 e. The molecular formula is C23H28N2O3S. The van der Waals surface area contributed by atoms with Crippen molar-refractivity contribution in [3.05, 3.63) is 52.9 Å².